The maximum absolute atomic E-state index is 12.7. The quantitative estimate of drug-likeness (QED) is 0.116. The lowest BCUT2D eigenvalue weighted by molar-refractivity contribution is -0.176. The fraction of sp³-hybridized carbons (Fsp3) is 0.769. The largest absolute Gasteiger partial charge is 0.497 e. The van der Waals surface area contributed by atoms with Gasteiger partial charge in [-0.15, -0.1) is 0 Å². The molecule has 3 saturated carbocycles. The highest BCUT2D eigenvalue weighted by Crippen LogP contribution is 2.78. The predicted octanol–water partition coefficient (Wildman–Crippen LogP) is 9.79. The first-order chi connectivity index (χ1) is 21.7. The summed E-state index contributed by atoms with van der Waals surface area (Å²) in [5.74, 6) is 1.71. The standard InChI is InChI=1S/C27H38O3.C12H22O3/c1-4-5-6-7-24(28)30-27-16-14-26(15-17-27)23-11-8-19-18-20(29-3)9-10-21(19)22(23)12-13-25(26,27)2;1-3-5-7-9-11(13)15-12(14)10-8-6-4-2/h9-10,18,22-23H,4-8,11-17H2,1-3H3;3-10H2,1-2H3/t22?,23?,25-,26?,27?;/m0./s1. The second-order valence-corrected chi connectivity index (χ2v) is 14.5. The van der Waals surface area contributed by atoms with Gasteiger partial charge in [-0.3, -0.25) is 14.4 Å². The molecule has 1 aromatic carbocycles. The van der Waals surface area contributed by atoms with E-state index >= 15 is 0 Å². The minimum atomic E-state index is -0.370. The topological polar surface area (TPSA) is 78.9 Å². The number of carbonyl (C=O) groups is 3. The van der Waals surface area contributed by atoms with E-state index in [4.69, 9.17) is 9.47 Å². The van der Waals surface area contributed by atoms with E-state index in [9.17, 15) is 14.4 Å². The smallest absolute Gasteiger partial charge is 0.313 e. The molecule has 0 saturated heterocycles. The van der Waals surface area contributed by atoms with Gasteiger partial charge in [0.05, 0.1) is 7.11 Å². The number of hydrogen-bond donors (Lipinski definition) is 0. The van der Waals surface area contributed by atoms with Crippen LogP contribution in [0.1, 0.15) is 167 Å². The van der Waals surface area contributed by atoms with E-state index in [0.29, 0.717) is 30.6 Å². The molecule has 5 rings (SSSR count). The van der Waals surface area contributed by atoms with Gasteiger partial charge in [-0.05, 0) is 111 Å². The number of benzene rings is 1. The number of fused-ring (bicyclic) bond motifs is 3. The highest BCUT2D eigenvalue weighted by molar-refractivity contribution is 5.85. The third kappa shape index (κ3) is 7.46. The van der Waals surface area contributed by atoms with Crippen molar-refractivity contribution < 1.29 is 28.6 Å². The number of carbonyl (C=O) groups excluding carboxylic acids is 3. The van der Waals surface area contributed by atoms with E-state index < -0.39 is 0 Å². The third-order valence-electron chi connectivity index (χ3n) is 12.2. The Bertz CT molecular complexity index is 1130. The van der Waals surface area contributed by atoms with Crippen LogP contribution in [0.25, 0.3) is 0 Å². The Morgan fingerprint density at radius 3 is 1.89 bits per heavy atom. The van der Waals surface area contributed by atoms with E-state index in [1.54, 1.807) is 12.7 Å². The molecule has 0 amide bonds. The van der Waals surface area contributed by atoms with Gasteiger partial charge in [0.25, 0.3) is 0 Å². The maximum Gasteiger partial charge on any atom is 0.313 e. The number of hydrogen-bond acceptors (Lipinski definition) is 6. The summed E-state index contributed by atoms with van der Waals surface area (Å²) < 4.78 is 16.6. The van der Waals surface area contributed by atoms with Crippen LogP contribution in [0, 0.1) is 16.7 Å². The molecular weight excluding hydrogens is 564 g/mol. The molecule has 1 aromatic rings. The van der Waals surface area contributed by atoms with Gasteiger partial charge in [0.15, 0.2) is 0 Å². The molecule has 45 heavy (non-hydrogen) atoms. The van der Waals surface area contributed by atoms with Crippen LogP contribution in [0.3, 0.4) is 0 Å². The lowest BCUT2D eigenvalue weighted by atomic mass is 9.48. The van der Waals surface area contributed by atoms with Crippen LogP contribution in [0.15, 0.2) is 18.2 Å². The number of esters is 3. The van der Waals surface area contributed by atoms with Gasteiger partial charge in [0.2, 0.25) is 0 Å². The minimum absolute atomic E-state index is 0.0607. The van der Waals surface area contributed by atoms with Crippen molar-refractivity contribution in [3.8, 4) is 5.75 Å². The van der Waals surface area contributed by atoms with Crippen molar-refractivity contribution in [2.24, 2.45) is 16.7 Å². The average Bonchev–Trinajstić information content (AvgIpc) is 3.43. The number of ether oxygens (including phenoxy) is 3. The van der Waals surface area contributed by atoms with Gasteiger partial charge in [0, 0.05) is 24.7 Å². The first kappa shape index (κ1) is 35.5. The number of rotatable bonds is 14. The van der Waals surface area contributed by atoms with E-state index in [0.717, 1.165) is 88.7 Å². The summed E-state index contributed by atoms with van der Waals surface area (Å²) in [6.45, 7) is 8.82. The molecule has 0 heterocycles. The first-order valence-corrected chi connectivity index (χ1v) is 18.3. The molecule has 3 atom stereocenters. The zero-order chi connectivity index (χ0) is 32.5. The minimum Gasteiger partial charge on any atom is -0.497 e. The summed E-state index contributed by atoms with van der Waals surface area (Å²) in [5, 5.41) is 0. The second kappa shape index (κ2) is 16.0. The Labute approximate surface area is 272 Å². The zero-order valence-corrected chi connectivity index (χ0v) is 29.0. The van der Waals surface area contributed by atoms with Gasteiger partial charge in [-0.25, -0.2) is 0 Å². The Morgan fingerprint density at radius 1 is 0.756 bits per heavy atom. The number of aryl methyl sites for hydroxylation is 1. The van der Waals surface area contributed by atoms with Crippen LogP contribution in [0.4, 0.5) is 0 Å². The van der Waals surface area contributed by atoms with Crippen molar-refractivity contribution in [2.75, 3.05) is 7.11 Å². The van der Waals surface area contributed by atoms with E-state index in [-0.39, 0.29) is 28.9 Å². The number of methoxy groups -OCH3 is 1. The monoisotopic (exact) mass is 624 g/mol. The van der Waals surface area contributed by atoms with Crippen molar-refractivity contribution in [3.05, 3.63) is 29.3 Å². The van der Waals surface area contributed by atoms with Crippen molar-refractivity contribution in [1.82, 2.24) is 0 Å². The first-order valence-electron chi connectivity index (χ1n) is 18.3. The predicted molar refractivity (Wildman–Crippen MR) is 178 cm³/mol. The molecular formula is C39H60O6. The SMILES string of the molecule is CCCCCC(=O)OC(=O)CCCCC.CCCCCC(=O)OC12CCC3(CC1)C1CCc4cc(OC)ccc4C1CC[C@]23C. The summed E-state index contributed by atoms with van der Waals surface area (Å²) in [4.78, 5) is 35.0. The molecule has 0 radical (unpaired) electrons. The molecule has 3 fully saturated rings. The molecule has 252 valence electrons. The highest BCUT2D eigenvalue weighted by atomic mass is 16.6. The fourth-order valence-corrected chi connectivity index (χ4v) is 9.66. The Balaban J connectivity index is 0.000000262. The van der Waals surface area contributed by atoms with Crippen molar-refractivity contribution in [1.29, 1.82) is 0 Å². The summed E-state index contributed by atoms with van der Waals surface area (Å²) in [6, 6.07) is 6.76. The summed E-state index contributed by atoms with van der Waals surface area (Å²) in [6.07, 6.45) is 19.9. The Hall–Kier alpha value is -2.37. The van der Waals surface area contributed by atoms with Crippen molar-refractivity contribution >= 4 is 17.9 Å². The molecule has 0 aliphatic heterocycles. The summed E-state index contributed by atoms with van der Waals surface area (Å²) >= 11 is 0. The van der Waals surface area contributed by atoms with E-state index in [1.807, 2.05) is 0 Å². The van der Waals surface area contributed by atoms with Crippen LogP contribution >= 0.6 is 0 Å². The van der Waals surface area contributed by atoms with Gasteiger partial charge in [0.1, 0.15) is 11.4 Å². The molecule has 0 spiro atoms. The van der Waals surface area contributed by atoms with Crippen molar-refractivity contribution in [2.45, 2.75) is 168 Å². The molecule has 0 N–H and O–H groups in total. The van der Waals surface area contributed by atoms with Crippen LogP contribution in [-0.4, -0.2) is 30.6 Å². The van der Waals surface area contributed by atoms with Crippen LogP contribution < -0.4 is 4.74 Å². The molecule has 6 nitrogen and oxygen atoms in total. The summed E-state index contributed by atoms with van der Waals surface area (Å²) in [5.41, 5.74) is 3.40. The van der Waals surface area contributed by atoms with Gasteiger partial charge in [-0.1, -0.05) is 72.3 Å². The molecule has 2 unspecified atom stereocenters. The molecule has 0 aromatic heterocycles. The highest BCUT2D eigenvalue weighted by Gasteiger charge is 2.75. The van der Waals surface area contributed by atoms with Crippen LogP contribution in [0.5, 0.6) is 5.75 Å². The molecule has 4 aliphatic carbocycles. The lowest BCUT2D eigenvalue weighted by Gasteiger charge is -2.57. The zero-order valence-electron chi connectivity index (χ0n) is 29.0. The van der Waals surface area contributed by atoms with Gasteiger partial charge >= 0.3 is 17.9 Å². The molecule has 2 bridgehead atoms. The molecule has 6 heteroatoms. The fourth-order valence-electron chi connectivity index (χ4n) is 9.66. The lowest BCUT2D eigenvalue weighted by Crippen LogP contribution is -2.53. The Morgan fingerprint density at radius 2 is 1.33 bits per heavy atom. The maximum atomic E-state index is 12.7. The van der Waals surface area contributed by atoms with E-state index in [2.05, 4.69) is 50.6 Å². The average molecular weight is 625 g/mol. The third-order valence-corrected chi connectivity index (χ3v) is 12.2. The van der Waals surface area contributed by atoms with E-state index in [1.165, 1.54) is 37.7 Å². The van der Waals surface area contributed by atoms with Crippen LogP contribution in [0.2, 0.25) is 0 Å². The second-order valence-electron chi connectivity index (χ2n) is 14.5. The molecule has 4 aliphatic rings. The normalized spacial score (nSPS) is 29.0. The van der Waals surface area contributed by atoms with Gasteiger partial charge in [-0.2, -0.15) is 0 Å². The van der Waals surface area contributed by atoms with Gasteiger partial charge < -0.3 is 14.2 Å². The summed E-state index contributed by atoms with van der Waals surface area (Å²) in [7, 11) is 1.76. The number of unbranched alkanes of at least 4 members (excludes halogenated alkanes) is 6. The van der Waals surface area contributed by atoms with Crippen molar-refractivity contribution in [3.63, 3.8) is 0 Å². The Kier molecular flexibility index (Phi) is 12.6. The van der Waals surface area contributed by atoms with Crippen LogP contribution in [-0.2, 0) is 30.3 Å².